The number of benzene rings is 4. The number of anilines is 2. The summed E-state index contributed by atoms with van der Waals surface area (Å²) in [4.78, 5) is 17.0. The highest BCUT2D eigenvalue weighted by molar-refractivity contribution is 6.31. The summed E-state index contributed by atoms with van der Waals surface area (Å²) < 4.78 is 6.13. The van der Waals surface area contributed by atoms with Gasteiger partial charge in [0.25, 0.3) is 5.91 Å². The Morgan fingerprint density at radius 1 is 0.906 bits per heavy atom. The zero-order valence-electron chi connectivity index (χ0n) is 16.9. The minimum absolute atomic E-state index is 0.216. The van der Waals surface area contributed by atoms with Crippen molar-refractivity contribution in [2.75, 3.05) is 11.1 Å². The first kappa shape index (κ1) is 19.8. The Kier molecular flexibility index (Phi) is 5.09. The van der Waals surface area contributed by atoms with Crippen LogP contribution in [0.5, 0.6) is 11.5 Å². The summed E-state index contributed by atoms with van der Waals surface area (Å²) in [5.41, 5.74) is 8.35. The van der Waals surface area contributed by atoms with Gasteiger partial charge in [0, 0.05) is 22.2 Å². The number of rotatable bonds is 4. The van der Waals surface area contributed by atoms with Crippen molar-refractivity contribution in [3.05, 3.63) is 102 Å². The normalized spacial score (nSPS) is 10.9. The third-order valence-electron chi connectivity index (χ3n) is 5.18. The first-order valence-electron chi connectivity index (χ1n) is 9.99. The molecule has 156 valence electrons. The summed E-state index contributed by atoms with van der Waals surface area (Å²) in [6, 6.07) is 25.8. The van der Waals surface area contributed by atoms with Crippen molar-refractivity contribution in [3.63, 3.8) is 0 Å². The molecule has 0 bridgehead atoms. The van der Waals surface area contributed by atoms with E-state index in [0.717, 1.165) is 21.7 Å². The molecule has 0 atom stereocenters. The molecular weight excluding hydrogens is 422 g/mol. The largest absolute Gasteiger partial charge is 0.457 e. The zero-order chi connectivity index (χ0) is 22.1. The number of nitrogens with zero attached hydrogens (tertiary/aromatic N) is 1. The van der Waals surface area contributed by atoms with E-state index in [0.29, 0.717) is 33.5 Å². The fourth-order valence-electron chi connectivity index (χ4n) is 3.54. The second-order valence-electron chi connectivity index (χ2n) is 7.34. The van der Waals surface area contributed by atoms with Gasteiger partial charge >= 0.3 is 0 Å². The molecule has 0 saturated heterocycles. The molecule has 0 radical (unpaired) electrons. The SMILES string of the molecule is Nc1ccccc1NC(=O)c1ccc2cc(Oc3ccnc4cc(Cl)ccc34)ccc2c1. The number of amides is 1. The molecule has 5 rings (SSSR count). The molecule has 0 saturated carbocycles. The van der Waals surface area contributed by atoms with Crippen molar-refractivity contribution in [1.82, 2.24) is 4.98 Å². The maximum atomic E-state index is 12.7. The molecule has 0 spiro atoms. The number of nitrogen functional groups attached to an aromatic ring is 1. The third kappa shape index (κ3) is 3.94. The van der Waals surface area contributed by atoms with Gasteiger partial charge in [-0.25, -0.2) is 0 Å². The molecule has 1 heterocycles. The summed E-state index contributed by atoms with van der Waals surface area (Å²) in [7, 11) is 0. The van der Waals surface area contributed by atoms with Gasteiger partial charge in [-0.1, -0.05) is 35.9 Å². The molecular formula is C26H18ClN3O2. The highest BCUT2D eigenvalue weighted by Gasteiger charge is 2.10. The van der Waals surface area contributed by atoms with Crippen molar-refractivity contribution in [2.24, 2.45) is 0 Å². The highest BCUT2D eigenvalue weighted by Crippen LogP contribution is 2.32. The van der Waals surface area contributed by atoms with Crippen LogP contribution in [0.4, 0.5) is 11.4 Å². The second-order valence-corrected chi connectivity index (χ2v) is 7.77. The maximum Gasteiger partial charge on any atom is 0.255 e. The number of fused-ring (bicyclic) bond motifs is 2. The lowest BCUT2D eigenvalue weighted by Gasteiger charge is -2.11. The van der Waals surface area contributed by atoms with E-state index >= 15 is 0 Å². The van der Waals surface area contributed by atoms with Gasteiger partial charge in [0.05, 0.1) is 16.9 Å². The summed E-state index contributed by atoms with van der Waals surface area (Å²) in [5, 5.41) is 6.24. The molecule has 0 aliphatic carbocycles. The van der Waals surface area contributed by atoms with Gasteiger partial charge in [0.1, 0.15) is 11.5 Å². The number of aromatic nitrogens is 1. The van der Waals surface area contributed by atoms with Gasteiger partial charge in [-0.15, -0.1) is 0 Å². The van der Waals surface area contributed by atoms with Crippen LogP contribution in [0.3, 0.4) is 0 Å². The van der Waals surface area contributed by atoms with E-state index in [1.165, 1.54) is 0 Å². The Balaban J connectivity index is 1.41. The molecule has 1 aromatic heterocycles. The minimum Gasteiger partial charge on any atom is -0.457 e. The molecule has 1 amide bonds. The molecule has 4 aromatic carbocycles. The van der Waals surface area contributed by atoms with E-state index < -0.39 is 0 Å². The van der Waals surface area contributed by atoms with Crippen LogP contribution in [-0.2, 0) is 0 Å². The van der Waals surface area contributed by atoms with E-state index in [1.807, 2.05) is 60.7 Å². The lowest BCUT2D eigenvalue weighted by Crippen LogP contribution is -2.13. The van der Waals surface area contributed by atoms with Crippen LogP contribution in [0.1, 0.15) is 10.4 Å². The molecule has 0 fully saturated rings. The summed E-state index contributed by atoms with van der Waals surface area (Å²) in [6.07, 6.45) is 1.69. The highest BCUT2D eigenvalue weighted by atomic mass is 35.5. The lowest BCUT2D eigenvalue weighted by molar-refractivity contribution is 0.102. The van der Waals surface area contributed by atoms with Crippen molar-refractivity contribution in [3.8, 4) is 11.5 Å². The molecule has 0 aliphatic heterocycles. The fourth-order valence-corrected chi connectivity index (χ4v) is 3.71. The van der Waals surface area contributed by atoms with E-state index in [9.17, 15) is 4.79 Å². The van der Waals surface area contributed by atoms with Crippen LogP contribution in [0.15, 0.2) is 91.1 Å². The van der Waals surface area contributed by atoms with Crippen molar-refractivity contribution >= 4 is 50.6 Å². The predicted octanol–water partition coefficient (Wildman–Crippen LogP) is 6.67. The smallest absolute Gasteiger partial charge is 0.255 e. The Bertz CT molecular complexity index is 1480. The predicted molar refractivity (Wildman–Crippen MR) is 130 cm³/mol. The molecule has 0 aliphatic rings. The number of carbonyl (C=O) groups excluding carboxylic acids is 1. The number of nitrogens with one attached hydrogen (secondary N) is 1. The Morgan fingerprint density at radius 3 is 2.59 bits per heavy atom. The second kappa shape index (κ2) is 8.21. The number of nitrogens with two attached hydrogens (primary N) is 1. The Morgan fingerprint density at radius 2 is 1.72 bits per heavy atom. The monoisotopic (exact) mass is 439 g/mol. The number of pyridine rings is 1. The summed E-state index contributed by atoms with van der Waals surface area (Å²) >= 11 is 6.07. The number of halogens is 1. The molecule has 5 nitrogen and oxygen atoms in total. The Labute approximate surface area is 189 Å². The number of ether oxygens (including phenoxy) is 1. The van der Waals surface area contributed by atoms with Crippen LogP contribution in [-0.4, -0.2) is 10.9 Å². The number of carbonyl (C=O) groups is 1. The molecule has 5 aromatic rings. The van der Waals surface area contributed by atoms with E-state index in [4.69, 9.17) is 22.1 Å². The minimum atomic E-state index is -0.216. The van der Waals surface area contributed by atoms with Gasteiger partial charge in [0.15, 0.2) is 0 Å². The number of hydrogen-bond donors (Lipinski definition) is 2. The van der Waals surface area contributed by atoms with Crippen molar-refractivity contribution in [2.45, 2.75) is 0 Å². The van der Waals surface area contributed by atoms with E-state index in [-0.39, 0.29) is 5.91 Å². The molecule has 6 heteroatoms. The Hall–Kier alpha value is -4.09. The van der Waals surface area contributed by atoms with Crippen LogP contribution in [0.2, 0.25) is 5.02 Å². The van der Waals surface area contributed by atoms with Crippen molar-refractivity contribution in [1.29, 1.82) is 0 Å². The lowest BCUT2D eigenvalue weighted by atomic mass is 10.1. The van der Waals surface area contributed by atoms with Gasteiger partial charge in [-0.3, -0.25) is 9.78 Å². The number of para-hydroxylation sites is 2. The van der Waals surface area contributed by atoms with Gasteiger partial charge in [0.2, 0.25) is 0 Å². The average molecular weight is 440 g/mol. The average Bonchev–Trinajstić information content (AvgIpc) is 2.80. The first-order valence-corrected chi connectivity index (χ1v) is 10.4. The van der Waals surface area contributed by atoms with E-state index in [1.54, 1.807) is 30.5 Å². The molecule has 3 N–H and O–H groups in total. The van der Waals surface area contributed by atoms with Gasteiger partial charge in [-0.2, -0.15) is 0 Å². The van der Waals surface area contributed by atoms with Crippen LogP contribution < -0.4 is 15.8 Å². The fraction of sp³-hybridized carbons (Fsp3) is 0. The van der Waals surface area contributed by atoms with Crippen LogP contribution in [0, 0.1) is 0 Å². The quantitative estimate of drug-likeness (QED) is 0.306. The summed E-state index contributed by atoms with van der Waals surface area (Å²) in [6.45, 7) is 0. The first-order chi connectivity index (χ1) is 15.6. The number of hydrogen-bond acceptors (Lipinski definition) is 4. The van der Waals surface area contributed by atoms with E-state index in [2.05, 4.69) is 10.3 Å². The third-order valence-corrected chi connectivity index (χ3v) is 5.41. The molecule has 32 heavy (non-hydrogen) atoms. The van der Waals surface area contributed by atoms with Crippen LogP contribution in [0.25, 0.3) is 21.7 Å². The van der Waals surface area contributed by atoms with Gasteiger partial charge in [-0.05, 0) is 71.4 Å². The van der Waals surface area contributed by atoms with Gasteiger partial charge < -0.3 is 15.8 Å². The summed E-state index contributed by atoms with van der Waals surface area (Å²) in [5.74, 6) is 1.17. The van der Waals surface area contributed by atoms with Crippen LogP contribution >= 0.6 is 11.6 Å². The standard InChI is InChI=1S/C26H18ClN3O2/c27-19-8-10-21-24(15-19)29-12-11-25(21)32-20-9-7-16-13-18(6-5-17(16)14-20)26(31)30-23-4-2-1-3-22(23)28/h1-15H,28H2,(H,30,31). The topological polar surface area (TPSA) is 77.2 Å². The maximum absolute atomic E-state index is 12.7. The zero-order valence-corrected chi connectivity index (χ0v) is 17.6. The van der Waals surface area contributed by atoms with Crippen molar-refractivity contribution < 1.29 is 9.53 Å². The molecule has 0 unspecified atom stereocenters.